The van der Waals surface area contributed by atoms with Crippen LogP contribution in [-0.4, -0.2) is 16.1 Å². The fraction of sp³-hybridized carbons (Fsp3) is 0.360. The first-order valence-electron chi connectivity index (χ1n) is 10.5. The van der Waals surface area contributed by atoms with Gasteiger partial charge in [0.1, 0.15) is 5.69 Å². The minimum Gasteiger partial charge on any atom is -0.440 e. The molecular weight excluding hydrogens is 376 g/mol. The van der Waals surface area contributed by atoms with Crippen LogP contribution < -0.4 is 5.48 Å². The number of carbonyl (C=O) groups is 1. The van der Waals surface area contributed by atoms with E-state index in [0.717, 1.165) is 41.8 Å². The standard InChI is InChI=1S/C25H30N2O3/c1-25(2,3)20-16-14-19(15-17-20)24-23(18-10-6-4-7-11-18)26-22(30-24)13-9-5-8-12-21(28)27-29/h4,6-7,10-11,14-17,29H,5,8-9,12-13H2,1-3H3,(H,27,28). The number of nitrogens with one attached hydrogen (secondary N) is 1. The molecular formula is C25H30N2O3. The molecule has 5 heteroatoms. The molecule has 3 rings (SSSR count). The fourth-order valence-corrected chi connectivity index (χ4v) is 3.37. The molecule has 0 radical (unpaired) electrons. The number of unbranched alkanes of at least 4 members (excludes halogenated alkanes) is 2. The Morgan fingerprint density at radius 1 is 0.967 bits per heavy atom. The van der Waals surface area contributed by atoms with Crippen molar-refractivity contribution in [3.05, 3.63) is 66.1 Å². The van der Waals surface area contributed by atoms with Crippen molar-refractivity contribution in [3.8, 4) is 22.6 Å². The number of rotatable bonds is 8. The van der Waals surface area contributed by atoms with Gasteiger partial charge >= 0.3 is 0 Å². The normalized spacial score (nSPS) is 11.5. The number of hydrogen-bond donors (Lipinski definition) is 2. The van der Waals surface area contributed by atoms with Gasteiger partial charge in [0.2, 0.25) is 5.91 Å². The zero-order chi connectivity index (χ0) is 21.6. The van der Waals surface area contributed by atoms with Gasteiger partial charge in [0.25, 0.3) is 0 Å². The first kappa shape index (κ1) is 21.8. The topological polar surface area (TPSA) is 75.4 Å². The summed E-state index contributed by atoms with van der Waals surface area (Å²) in [5.41, 5.74) is 5.94. The predicted octanol–water partition coefficient (Wildman–Crippen LogP) is 5.91. The molecule has 2 N–H and O–H groups in total. The molecule has 1 aromatic heterocycles. The van der Waals surface area contributed by atoms with Crippen molar-refractivity contribution in [1.29, 1.82) is 0 Å². The van der Waals surface area contributed by atoms with Gasteiger partial charge in [-0.1, -0.05) is 81.8 Å². The highest BCUT2D eigenvalue weighted by molar-refractivity contribution is 5.77. The quantitative estimate of drug-likeness (QED) is 0.277. The Morgan fingerprint density at radius 2 is 1.67 bits per heavy atom. The smallest absolute Gasteiger partial charge is 0.243 e. The highest BCUT2D eigenvalue weighted by Gasteiger charge is 2.18. The van der Waals surface area contributed by atoms with E-state index in [1.165, 1.54) is 5.56 Å². The van der Waals surface area contributed by atoms with Crippen molar-refractivity contribution in [2.24, 2.45) is 0 Å². The summed E-state index contributed by atoms with van der Waals surface area (Å²) in [6, 6.07) is 18.6. The molecule has 0 spiro atoms. The number of amides is 1. The maximum absolute atomic E-state index is 11.1. The van der Waals surface area contributed by atoms with Crippen molar-refractivity contribution < 1.29 is 14.4 Å². The molecule has 0 saturated carbocycles. The Bertz CT molecular complexity index is 954. The third kappa shape index (κ3) is 5.57. The zero-order valence-corrected chi connectivity index (χ0v) is 17.9. The van der Waals surface area contributed by atoms with Crippen LogP contribution in [-0.2, 0) is 16.6 Å². The second-order valence-electron chi connectivity index (χ2n) is 8.57. The summed E-state index contributed by atoms with van der Waals surface area (Å²) < 4.78 is 6.20. The van der Waals surface area contributed by atoms with Gasteiger partial charge in [-0.2, -0.15) is 0 Å². The maximum atomic E-state index is 11.1. The van der Waals surface area contributed by atoms with E-state index in [-0.39, 0.29) is 11.3 Å². The molecule has 0 aliphatic rings. The van der Waals surface area contributed by atoms with E-state index in [0.29, 0.717) is 18.7 Å². The van der Waals surface area contributed by atoms with Crippen LogP contribution >= 0.6 is 0 Å². The van der Waals surface area contributed by atoms with Gasteiger partial charge in [-0.05, 0) is 23.8 Å². The van der Waals surface area contributed by atoms with Crippen LogP contribution in [0.4, 0.5) is 0 Å². The monoisotopic (exact) mass is 406 g/mol. The lowest BCUT2D eigenvalue weighted by Gasteiger charge is -2.19. The van der Waals surface area contributed by atoms with Gasteiger partial charge in [0, 0.05) is 24.0 Å². The Balaban J connectivity index is 1.80. The SMILES string of the molecule is CC(C)(C)c1ccc(-c2oc(CCCCCC(=O)NO)nc2-c2ccccc2)cc1. The van der Waals surface area contributed by atoms with Crippen LogP contribution in [0.1, 0.15) is 57.9 Å². The fourth-order valence-electron chi connectivity index (χ4n) is 3.37. The molecule has 0 fully saturated rings. The van der Waals surface area contributed by atoms with Crippen LogP contribution in [0.25, 0.3) is 22.6 Å². The average Bonchev–Trinajstić information content (AvgIpc) is 3.17. The molecule has 0 aliphatic heterocycles. The van der Waals surface area contributed by atoms with Gasteiger partial charge in [-0.3, -0.25) is 10.0 Å². The molecule has 0 atom stereocenters. The Labute approximate surface area is 178 Å². The Morgan fingerprint density at radius 3 is 2.30 bits per heavy atom. The summed E-state index contributed by atoms with van der Waals surface area (Å²) in [7, 11) is 0. The third-order valence-electron chi connectivity index (χ3n) is 5.15. The van der Waals surface area contributed by atoms with E-state index in [4.69, 9.17) is 14.6 Å². The van der Waals surface area contributed by atoms with Gasteiger partial charge in [0.05, 0.1) is 0 Å². The molecule has 30 heavy (non-hydrogen) atoms. The first-order chi connectivity index (χ1) is 14.4. The summed E-state index contributed by atoms with van der Waals surface area (Å²) in [6.07, 6.45) is 3.49. The van der Waals surface area contributed by atoms with E-state index in [1.54, 1.807) is 5.48 Å². The highest BCUT2D eigenvalue weighted by atomic mass is 16.5. The minimum absolute atomic E-state index is 0.0975. The van der Waals surface area contributed by atoms with E-state index in [9.17, 15) is 4.79 Å². The lowest BCUT2D eigenvalue weighted by Crippen LogP contribution is -2.17. The number of hydroxylamine groups is 1. The molecule has 0 saturated heterocycles. The lowest BCUT2D eigenvalue weighted by atomic mass is 9.86. The predicted molar refractivity (Wildman–Crippen MR) is 118 cm³/mol. The molecule has 5 nitrogen and oxygen atoms in total. The molecule has 2 aromatic carbocycles. The number of aromatic nitrogens is 1. The van der Waals surface area contributed by atoms with Crippen LogP contribution in [0.3, 0.4) is 0 Å². The van der Waals surface area contributed by atoms with Crippen LogP contribution in [0.15, 0.2) is 59.0 Å². The summed E-state index contributed by atoms with van der Waals surface area (Å²) in [4.78, 5) is 15.9. The van der Waals surface area contributed by atoms with E-state index >= 15 is 0 Å². The van der Waals surface area contributed by atoms with Crippen molar-refractivity contribution in [3.63, 3.8) is 0 Å². The third-order valence-corrected chi connectivity index (χ3v) is 5.15. The minimum atomic E-state index is -0.349. The van der Waals surface area contributed by atoms with Crippen molar-refractivity contribution in [2.45, 2.75) is 58.3 Å². The molecule has 1 heterocycles. The molecule has 0 bridgehead atoms. The summed E-state index contributed by atoms with van der Waals surface area (Å²) >= 11 is 0. The second kappa shape index (κ2) is 9.72. The molecule has 0 unspecified atom stereocenters. The average molecular weight is 407 g/mol. The summed E-state index contributed by atoms with van der Waals surface area (Å²) in [5, 5.41) is 8.56. The number of oxazole rings is 1. The second-order valence-corrected chi connectivity index (χ2v) is 8.57. The summed E-state index contributed by atoms with van der Waals surface area (Å²) in [5.74, 6) is 1.14. The molecule has 3 aromatic rings. The van der Waals surface area contributed by atoms with E-state index in [2.05, 4.69) is 45.0 Å². The Hall–Kier alpha value is -2.92. The van der Waals surface area contributed by atoms with Crippen molar-refractivity contribution >= 4 is 5.91 Å². The summed E-state index contributed by atoms with van der Waals surface area (Å²) in [6.45, 7) is 6.61. The van der Waals surface area contributed by atoms with E-state index in [1.807, 2.05) is 30.3 Å². The number of carbonyl (C=O) groups excluding carboxylic acids is 1. The number of benzene rings is 2. The van der Waals surface area contributed by atoms with Crippen LogP contribution in [0, 0.1) is 0 Å². The Kier molecular flexibility index (Phi) is 7.06. The lowest BCUT2D eigenvalue weighted by molar-refractivity contribution is -0.129. The van der Waals surface area contributed by atoms with Crippen LogP contribution in [0.5, 0.6) is 0 Å². The zero-order valence-electron chi connectivity index (χ0n) is 17.9. The molecule has 1 amide bonds. The van der Waals surface area contributed by atoms with Gasteiger partial charge in [-0.25, -0.2) is 10.5 Å². The van der Waals surface area contributed by atoms with Gasteiger partial charge in [0.15, 0.2) is 11.7 Å². The van der Waals surface area contributed by atoms with Gasteiger partial charge in [-0.15, -0.1) is 0 Å². The largest absolute Gasteiger partial charge is 0.440 e. The van der Waals surface area contributed by atoms with Crippen LogP contribution in [0.2, 0.25) is 0 Å². The highest BCUT2D eigenvalue weighted by Crippen LogP contribution is 2.34. The number of hydrogen-bond acceptors (Lipinski definition) is 4. The van der Waals surface area contributed by atoms with Crippen molar-refractivity contribution in [1.82, 2.24) is 10.5 Å². The molecule has 158 valence electrons. The van der Waals surface area contributed by atoms with E-state index < -0.39 is 0 Å². The molecule has 0 aliphatic carbocycles. The number of aryl methyl sites for hydroxylation is 1. The first-order valence-corrected chi connectivity index (χ1v) is 10.5. The van der Waals surface area contributed by atoms with Crippen molar-refractivity contribution in [2.75, 3.05) is 0 Å². The maximum Gasteiger partial charge on any atom is 0.243 e. The van der Waals surface area contributed by atoms with Gasteiger partial charge < -0.3 is 4.42 Å². The number of nitrogens with zero attached hydrogens (tertiary/aromatic N) is 1.